The summed E-state index contributed by atoms with van der Waals surface area (Å²) in [4.78, 5) is 22.5. The zero-order valence-electron chi connectivity index (χ0n) is 12.8. The van der Waals surface area contributed by atoms with E-state index in [1.165, 1.54) is 0 Å². The van der Waals surface area contributed by atoms with Crippen molar-refractivity contribution in [1.82, 2.24) is 24.6 Å². The molecule has 0 aliphatic carbocycles. The van der Waals surface area contributed by atoms with Gasteiger partial charge in [0.15, 0.2) is 17.4 Å². The van der Waals surface area contributed by atoms with Crippen LogP contribution < -0.4 is 5.32 Å². The smallest absolute Gasteiger partial charge is 0.239 e. The van der Waals surface area contributed by atoms with Crippen molar-refractivity contribution in [3.63, 3.8) is 0 Å². The van der Waals surface area contributed by atoms with Crippen LogP contribution in [0.25, 0.3) is 17.4 Å². The maximum Gasteiger partial charge on any atom is 0.239 e. The SMILES string of the molecule is CN(C)CC(=O)Nc1cc(-n2cccn2)nc(-c2ccco2)n1. The number of rotatable bonds is 5. The Hall–Kier alpha value is -3.00. The first-order chi connectivity index (χ1) is 11.1. The lowest BCUT2D eigenvalue weighted by Crippen LogP contribution is -2.27. The number of likely N-dealkylation sites (N-methyl/N-ethyl adjacent to an activating group) is 1. The quantitative estimate of drug-likeness (QED) is 0.766. The van der Waals surface area contributed by atoms with E-state index in [1.807, 2.05) is 14.1 Å². The number of nitrogens with zero attached hydrogens (tertiary/aromatic N) is 5. The molecular formula is C15H16N6O2. The molecule has 0 aliphatic rings. The zero-order chi connectivity index (χ0) is 16.2. The summed E-state index contributed by atoms with van der Waals surface area (Å²) in [5.41, 5.74) is 0. The van der Waals surface area contributed by atoms with Crippen LogP contribution in [0, 0.1) is 0 Å². The molecule has 1 N–H and O–H groups in total. The standard InChI is InChI=1S/C15H16N6O2/c1-20(2)10-14(22)17-12-9-13(21-7-4-6-16-21)19-15(18-12)11-5-3-8-23-11/h3-9H,10H2,1-2H3,(H,17,18,19,22). The maximum atomic E-state index is 12.0. The van der Waals surface area contributed by atoms with Crippen molar-refractivity contribution in [3.05, 3.63) is 42.9 Å². The highest BCUT2D eigenvalue weighted by molar-refractivity contribution is 5.91. The lowest BCUT2D eigenvalue weighted by atomic mass is 10.4. The molecule has 3 aromatic heterocycles. The molecule has 23 heavy (non-hydrogen) atoms. The van der Waals surface area contributed by atoms with E-state index in [4.69, 9.17) is 4.42 Å². The third-order valence-electron chi connectivity index (χ3n) is 2.92. The highest BCUT2D eigenvalue weighted by atomic mass is 16.3. The Labute approximate surface area is 132 Å². The van der Waals surface area contributed by atoms with E-state index in [-0.39, 0.29) is 12.5 Å². The van der Waals surface area contributed by atoms with E-state index in [0.717, 1.165) is 0 Å². The Morgan fingerprint density at radius 3 is 2.87 bits per heavy atom. The first-order valence-electron chi connectivity index (χ1n) is 6.99. The molecule has 0 aliphatic heterocycles. The largest absolute Gasteiger partial charge is 0.461 e. The van der Waals surface area contributed by atoms with E-state index < -0.39 is 0 Å². The molecule has 8 nitrogen and oxygen atoms in total. The summed E-state index contributed by atoms with van der Waals surface area (Å²) in [6.07, 6.45) is 4.96. The summed E-state index contributed by atoms with van der Waals surface area (Å²) < 4.78 is 6.93. The zero-order valence-corrected chi connectivity index (χ0v) is 12.8. The van der Waals surface area contributed by atoms with Crippen LogP contribution in [0.15, 0.2) is 47.3 Å². The van der Waals surface area contributed by atoms with Crippen LogP contribution in [0.5, 0.6) is 0 Å². The molecule has 0 saturated carbocycles. The molecule has 0 aromatic carbocycles. The highest BCUT2D eigenvalue weighted by Crippen LogP contribution is 2.20. The molecule has 3 heterocycles. The second-order valence-electron chi connectivity index (χ2n) is 5.15. The molecule has 0 fully saturated rings. The van der Waals surface area contributed by atoms with Crippen molar-refractivity contribution < 1.29 is 9.21 Å². The lowest BCUT2D eigenvalue weighted by Gasteiger charge is -2.11. The number of furan rings is 1. The topological polar surface area (TPSA) is 89.1 Å². The summed E-state index contributed by atoms with van der Waals surface area (Å²) in [7, 11) is 3.64. The van der Waals surface area contributed by atoms with E-state index in [2.05, 4.69) is 20.4 Å². The highest BCUT2D eigenvalue weighted by Gasteiger charge is 2.12. The van der Waals surface area contributed by atoms with E-state index in [1.54, 1.807) is 52.5 Å². The number of hydrogen-bond acceptors (Lipinski definition) is 6. The number of carbonyl (C=O) groups excluding carboxylic acids is 1. The Balaban J connectivity index is 1.96. The number of amides is 1. The van der Waals surface area contributed by atoms with Crippen molar-refractivity contribution in [1.29, 1.82) is 0 Å². The number of anilines is 1. The van der Waals surface area contributed by atoms with Crippen LogP contribution in [0.2, 0.25) is 0 Å². The molecule has 3 rings (SSSR count). The van der Waals surface area contributed by atoms with E-state index in [9.17, 15) is 4.79 Å². The van der Waals surface area contributed by atoms with Crippen molar-refractivity contribution >= 4 is 11.7 Å². The average molecular weight is 312 g/mol. The fourth-order valence-corrected chi connectivity index (χ4v) is 2.01. The Bertz CT molecular complexity index is 728. The first kappa shape index (κ1) is 14.9. The molecule has 118 valence electrons. The van der Waals surface area contributed by atoms with Crippen LogP contribution in [0.3, 0.4) is 0 Å². The summed E-state index contributed by atoms with van der Waals surface area (Å²) >= 11 is 0. The van der Waals surface area contributed by atoms with Gasteiger partial charge in [-0.2, -0.15) is 5.10 Å². The maximum absolute atomic E-state index is 12.0. The molecule has 0 spiro atoms. The lowest BCUT2D eigenvalue weighted by molar-refractivity contribution is -0.116. The van der Waals surface area contributed by atoms with Gasteiger partial charge in [-0.1, -0.05) is 0 Å². The van der Waals surface area contributed by atoms with E-state index in [0.29, 0.717) is 23.2 Å². The van der Waals surface area contributed by atoms with Gasteiger partial charge >= 0.3 is 0 Å². The Kier molecular flexibility index (Phi) is 4.15. The van der Waals surface area contributed by atoms with Crippen molar-refractivity contribution in [3.8, 4) is 17.4 Å². The van der Waals surface area contributed by atoms with Gasteiger partial charge in [0.25, 0.3) is 0 Å². The van der Waals surface area contributed by atoms with Crippen LogP contribution in [0.4, 0.5) is 5.82 Å². The number of aromatic nitrogens is 4. The number of nitrogens with one attached hydrogen (secondary N) is 1. The van der Waals surface area contributed by atoms with Gasteiger partial charge in [0, 0.05) is 18.5 Å². The van der Waals surface area contributed by atoms with Gasteiger partial charge in [0.1, 0.15) is 5.82 Å². The van der Waals surface area contributed by atoms with Crippen molar-refractivity contribution in [2.24, 2.45) is 0 Å². The number of hydrogen-bond donors (Lipinski definition) is 1. The molecule has 1 amide bonds. The van der Waals surface area contributed by atoms with Gasteiger partial charge in [-0.15, -0.1) is 0 Å². The van der Waals surface area contributed by atoms with Crippen LogP contribution in [-0.4, -0.2) is 51.2 Å². The van der Waals surface area contributed by atoms with Crippen LogP contribution in [-0.2, 0) is 4.79 Å². The Morgan fingerprint density at radius 1 is 1.35 bits per heavy atom. The molecule has 0 radical (unpaired) electrons. The molecule has 8 heteroatoms. The number of carbonyl (C=O) groups is 1. The van der Waals surface area contributed by atoms with Crippen molar-refractivity contribution in [2.45, 2.75) is 0 Å². The third kappa shape index (κ3) is 3.61. The normalized spacial score (nSPS) is 10.9. The minimum Gasteiger partial charge on any atom is -0.461 e. The van der Waals surface area contributed by atoms with Gasteiger partial charge in [0.2, 0.25) is 5.91 Å². The second-order valence-corrected chi connectivity index (χ2v) is 5.15. The summed E-state index contributed by atoms with van der Waals surface area (Å²) in [5, 5.41) is 6.92. The molecule has 0 unspecified atom stereocenters. The van der Waals surface area contributed by atoms with Crippen LogP contribution >= 0.6 is 0 Å². The van der Waals surface area contributed by atoms with Gasteiger partial charge in [-0.05, 0) is 32.3 Å². The minimum absolute atomic E-state index is 0.162. The van der Waals surface area contributed by atoms with Crippen LogP contribution in [0.1, 0.15) is 0 Å². The van der Waals surface area contributed by atoms with E-state index >= 15 is 0 Å². The molecule has 0 bridgehead atoms. The molecular weight excluding hydrogens is 296 g/mol. The third-order valence-corrected chi connectivity index (χ3v) is 2.92. The predicted molar refractivity (Wildman–Crippen MR) is 84.0 cm³/mol. The molecule has 3 aromatic rings. The van der Waals surface area contributed by atoms with Gasteiger partial charge in [0.05, 0.1) is 12.8 Å². The van der Waals surface area contributed by atoms with Gasteiger partial charge in [-0.3, -0.25) is 4.79 Å². The van der Waals surface area contributed by atoms with Crippen molar-refractivity contribution in [2.75, 3.05) is 26.0 Å². The van der Waals surface area contributed by atoms with Gasteiger partial charge < -0.3 is 14.6 Å². The monoisotopic (exact) mass is 312 g/mol. The first-order valence-corrected chi connectivity index (χ1v) is 6.99. The fourth-order valence-electron chi connectivity index (χ4n) is 2.01. The Morgan fingerprint density at radius 2 is 2.22 bits per heavy atom. The van der Waals surface area contributed by atoms with Gasteiger partial charge in [-0.25, -0.2) is 14.6 Å². The fraction of sp³-hybridized carbons (Fsp3) is 0.200. The average Bonchev–Trinajstić information content (AvgIpc) is 3.20. The minimum atomic E-state index is -0.162. The second kappa shape index (κ2) is 6.41. The predicted octanol–water partition coefficient (Wildman–Crippen LogP) is 1.42. The summed E-state index contributed by atoms with van der Waals surface area (Å²) in [6, 6.07) is 6.96. The molecule has 0 atom stereocenters. The summed E-state index contributed by atoms with van der Waals surface area (Å²) in [5.74, 6) is 1.66. The molecule has 0 saturated heterocycles. The summed E-state index contributed by atoms with van der Waals surface area (Å²) in [6.45, 7) is 0.261.